The van der Waals surface area contributed by atoms with Gasteiger partial charge in [0.15, 0.2) is 0 Å². The molecule has 124 valence electrons. The van der Waals surface area contributed by atoms with Crippen LogP contribution in [0.1, 0.15) is 0 Å². The maximum atomic E-state index is 13.7. The number of hydrogen-bond donors (Lipinski definition) is 2. The number of hydrogen-bond acceptors (Lipinski definition) is 6. The fourth-order valence-electron chi connectivity index (χ4n) is 2.23. The first kappa shape index (κ1) is 16.1. The molecule has 3 N–H and O–H groups in total. The molecule has 0 saturated carbocycles. The average molecular weight is 348 g/mol. The number of halogens is 1. The van der Waals surface area contributed by atoms with Crippen molar-refractivity contribution in [3.8, 4) is 5.88 Å². The van der Waals surface area contributed by atoms with E-state index >= 15 is 0 Å². The molecular weight excluding hydrogens is 335 g/mol. The zero-order chi connectivity index (χ0) is 17.3. The van der Waals surface area contributed by atoms with Crippen molar-refractivity contribution in [2.24, 2.45) is 5.14 Å². The van der Waals surface area contributed by atoms with Crippen LogP contribution in [0, 0.1) is 5.95 Å². The molecule has 3 rings (SSSR count). The van der Waals surface area contributed by atoms with Crippen molar-refractivity contribution in [2.75, 3.05) is 12.4 Å². The Morgan fingerprint density at radius 2 is 1.92 bits per heavy atom. The third-order valence-electron chi connectivity index (χ3n) is 3.32. The van der Waals surface area contributed by atoms with Crippen LogP contribution >= 0.6 is 0 Å². The first-order valence-electron chi connectivity index (χ1n) is 6.77. The van der Waals surface area contributed by atoms with E-state index in [1.807, 2.05) is 0 Å². The Morgan fingerprint density at radius 3 is 2.54 bits per heavy atom. The summed E-state index contributed by atoms with van der Waals surface area (Å²) >= 11 is 0. The summed E-state index contributed by atoms with van der Waals surface area (Å²) in [6.45, 7) is 0. The SMILES string of the molecule is COc1nc(F)cc2c(Nc3ccc(S(N)(=O)=O)cc3)ccnc12. The zero-order valence-corrected chi connectivity index (χ0v) is 13.3. The fourth-order valence-corrected chi connectivity index (χ4v) is 2.74. The third-order valence-corrected chi connectivity index (χ3v) is 4.25. The number of pyridine rings is 2. The Hall–Kier alpha value is -2.78. The highest BCUT2D eigenvalue weighted by Crippen LogP contribution is 2.30. The Morgan fingerprint density at radius 1 is 1.21 bits per heavy atom. The minimum atomic E-state index is -3.75. The fraction of sp³-hybridized carbons (Fsp3) is 0.0667. The van der Waals surface area contributed by atoms with Crippen LogP contribution in [0.4, 0.5) is 15.8 Å². The summed E-state index contributed by atoms with van der Waals surface area (Å²) in [5, 5.41) is 8.63. The molecule has 0 aliphatic heterocycles. The lowest BCUT2D eigenvalue weighted by Gasteiger charge is -2.11. The van der Waals surface area contributed by atoms with E-state index in [1.54, 1.807) is 18.2 Å². The second-order valence-electron chi connectivity index (χ2n) is 4.90. The number of rotatable bonds is 4. The largest absolute Gasteiger partial charge is 0.479 e. The number of nitrogens with zero attached hydrogens (tertiary/aromatic N) is 2. The predicted molar refractivity (Wildman–Crippen MR) is 87.1 cm³/mol. The molecule has 0 spiro atoms. The molecule has 9 heteroatoms. The quantitative estimate of drug-likeness (QED) is 0.700. The highest BCUT2D eigenvalue weighted by Gasteiger charge is 2.12. The van der Waals surface area contributed by atoms with Gasteiger partial charge in [0.25, 0.3) is 0 Å². The normalized spacial score (nSPS) is 11.5. The molecule has 7 nitrogen and oxygen atoms in total. The molecule has 2 aromatic heterocycles. The van der Waals surface area contributed by atoms with Gasteiger partial charge in [-0.05, 0) is 30.3 Å². The summed E-state index contributed by atoms with van der Waals surface area (Å²) in [6.07, 6.45) is 1.53. The Kier molecular flexibility index (Phi) is 4.04. The van der Waals surface area contributed by atoms with Gasteiger partial charge in [-0.3, -0.25) is 4.98 Å². The van der Waals surface area contributed by atoms with Gasteiger partial charge in [-0.2, -0.15) is 9.37 Å². The second-order valence-corrected chi connectivity index (χ2v) is 6.46. The first-order valence-corrected chi connectivity index (χ1v) is 8.32. The minimum Gasteiger partial charge on any atom is -0.479 e. The van der Waals surface area contributed by atoms with Gasteiger partial charge in [-0.25, -0.2) is 13.6 Å². The van der Waals surface area contributed by atoms with Gasteiger partial charge in [0.1, 0.15) is 5.52 Å². The predicted octanol–water partition coefficient (Wildman–Crippen LogP) is 2.17. The van der Waals surface area contributed by atoms with E-state index in [-0.39, 0.29) is 10.8 Å². The van der Waals surface area contributed by atoms with Gasteiger partial charge < -0.3 is 10.1 Å². The van der Waals surface area contributed by atoms with Crippen molar-refractivity contribution in [3.05, 3.63) is 48.5 Å². The lowest BCUT2D eigenvalue weighted by molar-refractivity contribution is 0.392. The van der Waals surface area contributed by atoms with Gasteiger partial charge in [0.2, 0.25) is 21.9 Å². The monoisotopic (exact) mass is 348 g/mol. The van der Waals surface area contributed by atoms with Crippen molar-refractivity contribution >= 4 is 32.3 Å². The van der Waals surface area contributed by atoms with E-state index in [1.165, 1.54) is 31.5 Å². The van der Waals surface area contributed by atoms with Crippen molar-refractivity contribution in [2.45, 2.75) is 4.90 Å². The van der Waals surface area contributed by atoms with Crippen LogP contribution in [0.2, 0.25) is 0 Å². The second kappa shape index (κ2) is 6.02. The van der Waals surface area contributed by atoms with Crippen LogP contribution in [0.3, 0.4) is 0 Å². The number of primary sulfonamides is 1. The van der Waals surface area contributed by atoms with Crippen molar-refractivity contribution in [1.82, 2.24) is 9.97 Å². The lowest BCUT2D eigenvalue weighted by Crippen LogP contribution is -2.11. The van der Waals surface area contributed by atoms with Crippen LogP contribution in [-0.2, 0) is 10.0 Å². The number of benzene rings is 1. The smallest absolute Gasteiger partial charge is 0.243 e. The van der Waals surface area contributed by atoms with E-state index in [0.29, 0.717) is 22.3 Å². The van der Waals surface area contributed by atoms with E-state index < -0.39 is 16.0 Å². The number of anilines is 2. The van der Waals surface area contributed by atoms with Crippen LogP contribution in [0.25, 0.3) is 10.9 Å². The van der Waals surface area contributed by atoms with Crippen molar-refractivity contribution in [1.29, 1.82) is 0 Å². The summed E-state index contributed by atoms with van der Waals surface area (Å²) in [4.78, 5) is 7.80. The van der Waals surface area contributed by atoms with Crippen LogP contribution < -0.4 is 15.2 Å². The third kappa shape index (κ3) is 3.12. The van der Waals surface area contributed by atoms with Crippen molar-refractivity contribution in [3.63, 3.8) is 0 Å². The van der Waals surface area contributed by atoms with Gasteiger partial charge in [0.05, 0.1) is 12.0 Å². The molecule has 0 radical (unpaired) electrons. The number of aromatic nitrogens is 2. The van der Waals surface area contributed by atoms with Crippen LogP contribution in [-0.4, -0.2) is 25.5 Å². The lowest BCUT2D eigenvalue weighted by atomic mass is 10.2. The summed E-state index contributed by atoms with van der Waals surface area (Å²) in [7, 11) is -2.37. The standard InChI is InChI=1S/C15H13FN4O3S/c1-23-15-14-11(8-13(16)20-15)12(6-7-18-14)19-9-2-4-10(5-3-9)24(17,21)22/h2-8H,1H3,(H,18,19)(H2,17,21,22). The van der Waals surface area contributed by atoms with Gasteiger partial charge >= 0.3 is 0 Å². The average Bonchev–Trinajstić information content (AvgIpc) is 2.54. The van der Waals surface area contributed by atoms with Gasteiger partial charge in [-0.15, -0.1) is 0 Å². The summed E-state index contributed by atoms with van der Waals surface area (Å²) < 4.78 is 41.2. The van der Waals surface area contributed by atoms with Crippen molar-refractivity contribution < 1.29 is 17.5 Å². The Balaban J connectivity index is 2.03. The number of sulfonamides is 1. The van der Waals surface area contributed by atoms with Crippen LogP contribution in [0.15, 0.2) is 47.5 Å². The number of ether oxygens (including phenoxy) is 1. The first-order chi connectivity index (χ1) is 11.4. The molecule has 2 heterocycles. The van der Waals surface area contributed by atoms with E-state index in [0.717, 1.165) is 0 Å². The Labute approximate surface area is 137 Å². The number of fused-ring (bicyclic) bond motifs is 1. The molecule has 0 fully saturated rings. The van der Waals surface area contributed by atoms with E-state index in [2.05, 4.69) is 15.3 Å². The highest BCUT2D eigenvalue weighted by molar-refractivity contribution is 7.89. The molecule has 24 heavy (non-hydrogen) atoms. The Bertz CT molecular complexity index is 1010. The molecule has 1 aromatic carbocycles. The minimum absolute atomic E-state index is 0.00421. The molecular formula is C15H13FN4O3S. The van der Waals surface area contributed by atoms with E-state index in [9.17, 15) is 12.8 Å². The number of nitrogens with one attached hydrogen (secondary N) is 1. The molecule has 0 aliphatic rings. The number of nitrogens with two attached hydrogens (primary N) is 1. The summed E-state index contributed by atoms with van der Waals surface area (Å²) in [5.74, 6) is -0.613. The number of methoxy groups -OCH3 is 1. The molecule has 3 aromatic rings. The highest BCUT2D eigenvalue weighted by atomic mass is 32.2. The summed E-state index contributed by atoms with van der Waals surface area (Å²) in [5.41, 5.74) is 1.58. The topological polar surface area (TPSA) is 107 Å². The molecule has 0 aliphatic carbocycles. The molecule has 0 atom stereocenters. The molecule has 0 saturated heterocycles. The molecule has 0 bridgehead atoms. The van der Waals surface area contributed by atoms with E-state index in [4.69, 9.17) is 9.88 Å². The maximum Gasteiger partial charge on any atom is 0.243 e. The maximum absolute atomic E-state index is 13.7. The summed E-state index contributed by atoms with van der Waals surface area (Å²) in [6, 6.07) is 8.77. The zero-order valence-electron chi connectivity index (χ0n) is 12.5. The molecule has 0 amide bonds. The van der Waals surface area contributed by atoms with Gasteiger partial charge in [-0.1, -0.05) is 0 Å². The van der Waals surface area contributed by atoms with Gasteiger partial charge in [0, 0.05) is 29.0 Å². The molecule has 0 unspecified atom stereocenters. The van der Waals surface area contributed by atoms with Crippen LogP contribution in [0.5, 0.6) is 5.88 Å².